The number of anilines is 2. The zero-order valence-corrected chi connectivity index (χ0v) is 17.3. The molecule has 30 heavy (non-hydrogen) atoms. The number of hydrogen-bond acceptors (Lipinski definition) is 5. The molecule has 1 amide bonds. The SMILES string of the molecule is COc1ccccc1OC(C)C(=O)Nc1ccc(S(=O)(=O)Nc2ccccc2)cc1. The van der Waals surface area contributed by atoms with E-state index < -0.39 is 16.1 Å². The highest BCUT2D eigenvalue weighted by molar-refractivity contribution is 7.92. The van der Waals surface area contributed by atoms with Crippen LogP contribution < -0.4 is 19.5 Å². The Hall–Kier alpha value is -3.52. The third-order valence-electron chi connectivity index (χ3n) is 4.20. The van der Waals surface area contributed by atoms with E-state index in [9.17, 15) is 13.2 Å². The second-order valence-electron chi connectivity index (χ2n) is 6.40. The summed E-state index contributed by atoms with van der Waals surface area (Å²) in [5.74, 6) is 0.604. The van der Waals surface area contributed by atoms with E-state index in [1.165, 1.54) is 31.4 Å². The molecule has 0 saturated carbocycles. The third kappa shape index (κ3) is 5.30. The second kappa shape index (κ2) is 9.32. The number of sulfonamides is 1. The van der Waals surface area contributed by atoms with Crippen molar-refractivity contribution in [3.05, 3.63) is 78.9 Å². The maximum absolute atomic E-state index is 12.5. The number of carbonyl (C=O) groups is 1. The molecule has 0 spiro atoms. The molecule has 156 valence electrons. The van der Waals surface area contributed by atoms with Crippen molar-refractivity contribution in [2.75, 3.05) is 17.1 Å². The lowest BCUT2D eigenvalue weighted by Crippen LogP contribution is -2.30. The molecular weight excluding hydrogens is 404 g/mol. The number of para-hydroxylation sites is 3. The quantitative estimate of drug-likeness (QED) is 0.570. The first kappa shape index (κ1) is 21.2. The van der Waals surface area contributed by atoms with Gasteiger partial charge in [0, 0.05) is 11.4 Å². The van der Waals surface area contributed by atoms with Crippen molar-refractivity contribution >= 4 is 27.3 Å². The number of carbonyl (C=O) groups excluding carboxylic acids is 1. The molecule has 8 heteroatoms. The van der Waals surface area contributed by atoms with Gasteiger partial charge in [-0.05, 0) is 55.5 Å². The lowest BCUT2D eigenvalue weighted by molar-refractivity contribution is -0.122. The summed E-state index contributed by atoms with van der Waals surface area (Å²) in [4.78, 5) is 12.5. The van der Waals surface area contributed by atoms with Gasteiger partial charge in [-0.2, -0.15) is 0 Å². The van der Waals surface area contributed by atoms with Gasteiger partial charge in [-0.1, -0.05) is 30.3 Å². The predicted molar refractivity (Wildman–Crippen MR) is 115 cm³/mol. The fourth-order valence-corrected chi connectivity index (χ4v) is 3.70. The van der Waals surface area contributed by atoms with Crippen molar-refractivity contribution < 1.29 is 22.7 Å². The maximum Gasteiger partial charge on any atom is 0.265 e. The van der Waals surface area contributed by atoms with E-state index in [-0.39, 0.29) is 10.8 Å². The molecule has 0 radical (unpaired) electrons. The first-order valence-electron chi connectivity index (χ1n) is 9.17. The van der Waals surface area contributed by atoms with Crippen LogP contribution in [0, 0.1) is 0 Å². The maximum atomic E-state index is 12.5. The number of benzene rings is 3. The summed E-state index contributed by atoms with van der Waals surface area (Å²) in [6.45, 7) is 1.62. The molecule has 3 aromatic carbocycles. The molecule has 0 aliphatic rings. The summed E-state index contributed by atoms with van der Waals surface area (Å²) < 4.78 is 38.3. The van der Waals surface area contributed by atoms with Gasteiger partial charge >= 0.3 is 0 Å². The van der Waals surface area contributed by atoms with Gasteiger partial charge in [0.2, 0.25) is 0 Å². The average Bonchev–Trinajstić information content (AvgIpc) is 2.75. The molecule has 7 nitrogen and oxygen atoms in total. The Balaban J connectivity index is 1.64. The highest BCUT2D eigenvalue weighted by atomic mass is 32.2. The first-order chi connectivity index (χ1) is 14.4. The Morgan fingerprint density at radius 1 is 0.833 bits per heavy atom. The summed E-state index contributed by atoms with van der Waals surface area (Å²) in [6, 6.07) is 21.5. The molecule has 0 aromatic heterocycles. The van der Waals surface area contributed by atoms with Gasteiger partial charge in [0.15, 0.2) is 17.6 Å². The van der Waals surface area contributed by atoms with Crippen LogP contribution in [0.1, 0.15) is 6.92 Å². The zero-order chi connectivity index (χ0) is 21.6. The molecule has 1 unspecified atom stereocenters. The summed E-state index contributed by atoms with van der Waals surface area (Å²) >= 11 is 0. The minimum atomic E-state index is -3.72. The topological polar surface area (TPSA) is 93.7 Å². The van der Waals surface area contributed by atoms with Gasteiger partial charge < -0.3 is 14.8 Å². The smallest absolute Gasteiger partial charge is 0.265 e. The summed E-state index contributed by atoms with van der Waals surface area (Å²) in [6.07, 6.45) is -0.788. The number of ether oxygens (including phenoxy) is 2. The van der Waals surface area contributed by atoms with E-state index in [4.69, 9.17) is 9.47 Å². The molecule has 0 heterocycles. The van der Waals surface area contributed by atoms with E-state index in [1.54, 1.807) is 61.5 Å². The monoisotopic (exact) mass is 426 g/mol. The molecule has 1 atom stereocenters. The lowest BCUT2D eigenvalue weighted by Gasteiger charge is -2.16. The molecule has 3 rings (SSSR count). The summed E-state index contributed by atoms with van der Waals surface area (Å²) in [5, 5.41) is 2.71. The molecule has 0 fully saturated rings. The van der Waals surface area contributed by atoms with E-state index in [2.05, 4.69) is 10.0 Å². The molecule has 0 aliphatic heterocycles. The molecule has 3 aromatic rings. The molecular formula is C22H22N2O5S. The minimum Gasteiger partial charge on any atom is -0.493 e. The van der Waals surface area contributed by atoms with Crippen molar-refractivity contribution in [3.63, 3.8) is 0 Å². The van der Waals surface area contributed by atoms with Crippen LogP contribution >= 0.6 is 0 Å². The Bertz CT molecular complexity index is 1100. The van der Waals surface area contributed by atoms with Crippen molar-refractivity contribution in [1.82, 2.24) is 0 Å². The highest BCUT2D eigenvalue weighted by Crippen LogP contribution is 2.27. The zero-order valence-electron chi connectivity index (χ0n) is 16.5. The van der Waals surface area contributed by atoms with Crippen LogP contribution in [0.2, 0.25) is 0 Å². The van der Waals surface area contributed by atoms with Crippen LogP contribution in [0.15, 0.2) is 83.8 Å². The normalized spacial score (nSPS) is 11.9. The second-order valence-corrected chi connectivity index (χ2v) is 8.08. The van der Waals surface area contributed by atoms with Crippen molar-refractivity contribution in [1.29, 1.82) is 0 Å². The van der Waals surface area contributed by atoms with Crippen LogP contribution in [-0.4, -0.2) is 27.5 Å². The number of nitrogens with one attached hydrogen (secondary N) is 2. The van der Waals surface area contributed by atoms with Crippen LogP contribution in [0.5, 0.6) is 11.5 Å². The molecule has 0 aliphatic carbocycles. The Labute approximate surface area is 175 Å². The third-order valence-corrected chi connectivity index (χ3v) is 5.60. The van der Waals surface area contributed by atoms with Crippen molar-refractivity contribution in [2.45, 2.75) is 17.9 Å². The van der Waals surface area contributed by atoms with Crippen LogP contribution in [0.25, 0.3) is 0 Å². The minimum absolute atomic E-state index is 0.0858. The highest BCUT2D eigenvalue weighted by Gasteiger charge is 2.18. The number of rotatable bonds is 8. The fraction of sp³-hybridized carbons (Fsp3) is 0.136. The molecule has 0 bridgehead atoms. The van der Waals surface area contributed by atoms with Crippen molar-refractivity contribution in [2.24, 2.45) is 0 Å². The van der Waals surface area contributed by atoms with Gasteiger partial charge in [-0.3, -0.25) is 9.52 Å². The molecule has 2 N–H and O–H groups in total. The van der Waals surface area contributed by atoms with Gasteiger partial charge in [0.25, 0.3) is 15.9 Å². The average molecular weight is 426 g/mol. The van der Waals surface area contributed by atoms with E-state index in [0.717, 1.165) is 0 Å². The Morgan fingerprint density at radius 2 is 1.43 bits per heavy atom. The first-order valence-corrected chi connectivity index (χ1v) is 10.7. The Kier molecular flexibility index (Phi) is 6.58. The van der Waals surface area contributed by atoms with E-state index in [0.29, 0.717) is 22.9 Å². The van der Waals surface area contributed by atoms with Crippen LogP contribution in [0.3, 0.4) is 0 Å². The Morgan fingerprint density at radius 3 is 2.07 bits per heavy atom. The van der Waals surface area contributed by atoms with Crippen LogP contribution in [0.4, 0.5) is 11.4 Å². The fourth-order valence-electron chi connectivity index (χ4n) is 2.64. The van der Waals surface area contributed by atoms with Gasteiger partial charge in [-0.25, -0.2) is 8.42 Å². The number of amides is 1. The summed E-state index contributed by atoms with van der Waals surface area (Å²) in [7, 11) is -2.20. The van der Waals surface area contributed by atoms with E-state index >= 15 is 0 Å². The number of methoxy groups -OCH3 is 1. The largest absolute Gasteiger partial charge is 0.493 e. The van der Waals surface area contributed by atoms with Crippen molar-refractivity contribution in [3.8, 4) is 11.5 Å². The van der Waals surface area contributed by atoms with Gasteiger partial charge in [0.05, 0.1) is 12.0 Å². The predicted octanol–water partition coefficient (Wildman–Crippen LogP) is 3.90. The van der Waals surface area contributed by atoms with Gasteiger partial charge in [-0.15, -0.1) is 0 Å². The van der Waals surface area contributed by atoms with E-state index in [1.807, 2.05) is 0 Å². The standard InChI is InChI=1S/C22H22N2O5S/c1-16(29-21-11-7-6-10-20(21)28-2)22(25)23-17-12-14-19(15-13-17)30(26,27)24-18-8-4-3-5-9-18/h3-16,24H,1-2H3,(H,23,25). The van der Waals surface area contributed by atoms with Gasteiger partial charge in [0.1, 0.15) is 0 Å². The van der Waals surface area contributed by atoms with Crippen LogP contribution in [-0.2, 0) is 14.8 Å². The lowest BCUT2D eigenvalue weighted by atomic mass is 10.3. The summed E-state index contributed by atoms with van der Waals surface area (Å²) in [5.41, 5.74) is 0.923. The molecule has 0 saturated heterocycles. The number of hydrogen-bond donors (Lipinski definition) is 2.